The third-order valence-electron chi connectivity index (χ3n) is 3.35. The largest absolute Gasteiger partial charge is 0.398 e. The average molecular weight is 311 g/mol. The Balaban J connectivity index is 0.000000200. The highest BCUT2D eigenvalue weighted by Crippen LogP contribution is 2.25. The number of anilines is 2. The monoisotopic (exact) mass is 310 g/mol. The molecular formula is C16H20Cl2N2. The van der Waals surface area contributed by atoms with Crippen LogP contribution in [0.4, 0.5) is 11.4 Å². The van der Waals surface area contributed by atoms with Crippen LogP contribution in [0.15, 0.2) is 24.3 Å². The van der Waals surface area contributed by atoms with Gasteiger partial charge in [0.25, 0.3) is 0 Å². The number of nitrogens with two attached hydrogens (primary N) is 2. The lowest BCUT2D eigenvalue weighted by Crippen LogP contribution is -1.94. The Morgan fingerprint density at radius 2 is 1.35 bits per heavy atom. The van der Waals surface area contributed by atoms with Crippen molar-refractivity contribution in [1.82, 2.24) is 0 Å². The Hall–Kier alpha value is -1.38. The van der Waals surface area contributed by atoms with Gasteiger partial charge in [0.15, 0.2) is 0 Å². The highest BCUT2D eigenvalue weighted by molar-refractivity contribution is 6.35. The highest BCUT2D eigenvalue weighted by Gasteiger charge is 2.00. The molecule has 4 heteroatoms. The lowest BCUT2D eigenvalue weighted by Gasteiger charge is -2.05. The van der Waals surface area contributed by atoms with Crippen LogP contribution in [0.1, 0.15) is 22.3 Å². The van der Waals surface area contributed by atoms with Crippen molar-refractivity contribution in [1.29, 1.82) is 0 Å². The molecule has 20 heavy (non-hydrogen) atoms. The number of rotatable bonds is 0. The van der Waals surface area contributed by atoms with E-state index in [2.05, 4.69) is 26.0 Å². The van der Waals surface area contributed by atoms with Crippen molar-refractivity contribution in [3.63, 3.8) is 0 Å². The highest BCUT2D eigenvalue weighted by atomic mass is 35.5. The van der Waals surface area contributed by atoms with Gasteiger partial charge in [-0.2, -0.15) is 0 Å². The van der Waals surface area contributed by atoms with E-state index in [1.807, 2.05) is 13.8 Å². The summed E-state index contributed by atoms with van der Waals surface area (Å²) in [4.78, 5) is 0. The van der Waals surface area contributed by atoms with Crippen molar-refractivity contribution in [2.75, 3.05) is 11.5 Å². The van der Waals surface area contributed by atoms with Crippen LogP contribution in [-0.4, -0.2) is 0 Å². The molecule has 0 radical (unpaired) electrons. The van der Waals surface area contributed by atoms with Crippen molar-refractivity contribution >= 4 is 34.6 Å². The number of hydrogen-bond acceptors (Lipinski definition) is 2. The van der Waals surface area contributed by atoms with Crippen molar-refractivity contribution in [3.8, 4) is 0 Å². The van der Waals surface area contributed by atoms with Crippen molar-refractivity contribution in [3.05, 3.63) is 56.6 Å². The summed E-state index contributed by atoms with van der Waals surface area (Å²) in [5.41, 5.74) is 17.4. The molecule has 0 bridgehead atoms. The van der Waals surface area contributed by atoms with Crippen molar-refractivity contribution in [2.45, 2.75) is 27.7 Å². The van der Waals surface area contributed by atoms with E-state index in [1.54, 1.807) is 12.1 Å². The molecule has 0 atom stereocenters. The summed E-state index contributed by atoms with van der Waals surface area (Å²) >= 11 is 11.4. The Labute approximate surface area is 130 Å². The van der Waals surface area contributed by atoms with Gasteiger partial charge in [0.05, 0.1) is 0 Å². The van der Waals surface area contributed by atoms with E-state index in [0.717, 1.165) is 11.3 Å². The molecule has 4 N–H and O–H groups in total. The van der Waals surface area contributed by atoms with Crippen molar-refractivity contribution in [2.24, 2.45) is 0 Å². The van der Waals surface area contributed by atoms with Gasteiger partial charge in [-0.05, 0) is 62.1 Å². The normalized spacial score (nSPS) is 9.90. The molecule has 0 unspecified atom stereocenters. The first-order chi connectivity index (χ1) is 9.23. The molecule has 0 saturated carbocycles. The number of hydrogen-bond donors (Lipinski definition) is 2. The van der Waals surface area contributed by atoms with Gasteiger partial charge in [-0.3, -0.25) is 0 Å². The van der Waals surface area contributed by atoms with Crippen LogP contribution in [0.5, 0.6) is 0 Å². The maximum Gasteiger partial charge on any atom is 0.0470 e. The number of halogens is 2. The zero-order chi connectivity index (χ0) is 15.4. The predicted octanol–water partition coefficient (Wildman–Crippen LogP) is 5.08. The van der Waals surface area contributed by atoms with Gasteiger partial charge in [0.1, 0.15) is 0 Å². The quantitative estimate of drug-likeness (QED) is 0.667. The lowest BCUT2D eigenvalue weighted by atomic mass is 10.0. The van der Waals surface area contributed by atoms with Gasteiger partial charge in [-0.1, -0.05) is 35.3 Å². The Bertz CT molecular complexity index is 572. The zero-order valence-corrected chi connectivity index (χ0v) is 13.7. The second kappa shape index (κ2) is 6.87. The van der Waals surface area contributed by atoms with Gasteiger partial charge < -0.3 is 11.5 Å². The van der Waals surface area contributed by atoms with Gasteiger partial charge in [0.2, 0.25) is 0 Å². The minimum atomic E-state index is 0.577. The van der Waals surface area contributed by atoms with E-state index in [1.165, 1.54) is 16.7 Å². The molecule has 108 valence electrons. The topological polar surface area (TPSA) is 52.0 Å². The van der Waals surface area contributed by atoms with Crippen LogP contribution in [-0.2, 0) is 0 Å². The Morgan fingerprint density at radius 1 is 0.800 bits per heavy atom. The first-order valence-corrected chi connectivity index (χ1v) is 7.03. The predicted molar refractivity (Wildman–Crippen MR) is 90.7 cm³/mol. The summed E-state index contributed by atoms with van der Waals surface area (Å²) in [7, 11) is 0. The molecule has 2 rings (SSSR count). The molecule has 0 aromatic heterocycles. The van der Waals surface area contributed by atoms with E-state index in [9.17, 15) is 0 Å². The molecule has 2 aromatic rings. The Morgan fingerprint density at radius 3 is 1.85 bits per heavy atom. The first-order valence-electron chi connectivity index (χ1n) is 6.27. The third kappa shape index (κ3) is 4.06. The van der Waals surface area contributed by atoms with Gasteiger partial charge in [-0.15, -0.1) is 0 Å². The van der Waals surface area contributed by atoms with Crippen LogP contribution in [0.3, 0.4) is 0 Å². The average Bonchev–Trinajstić information content (AvgIpc) is 2.39. The first kappa shape index (κ1) is 16.7. The fraction of sp³-hybridized carbons (Fsp3) is 0.250. The maximum absolute atomic E-state index is 5.78. The number of benzene rings is 2. The van der Waals surface area contributed by atoms with Crippen LogP contribution >= 0.6 is 23.2 Å². The molecule has 2 aromatic carbocycles. The minimum absolute atomic E-state index is 0.577. The van der Waals surface area contributed by atoms with Crippen LogP contribution in [0, 0.1) is 27.7 Å². The summed E-state index contributed by atoms with van der Waals surface area (Å²) in [6.07, 6.45) is 0. The number of nitrogen functional groups attached to an aromatic ring is 2. The second-order valence-corrected chi connectivity index (χ2v) is 5.68. The summed E-state index contributed by atoms with van der Waals surface area (Å²) in [6, 6.07) is 7.51. The standard InChI is InChI=1S/C9H13N.C7H7Cl2N/c1-6-4-5-7(2)9(10)8(6)3;1-4-6(9)2-5(8)3-7(4)10/h4-5H,10H2,1-3H3;2-3H,10H2,1H3. The fourth-order valence-corrected chi connectivity index (χ4v) is 2.15. The molecule has 0 heterocycles. The molecule has 2 nitrogen and oxygen atoms in total. The molecule has 0 spiro atoms. The summed E-state index contributed by atoms with van der Waals surface area (Å²) < 4.78 is 0. The fourth-order valence-electron chi connectivity index (χ4n) is 1.64. The maximum atomic E-state index is 5.78. The van der Waals surface area contributed by atoms with Crippen LogP contribution in [0.25, 0.3) is 0 Å². The van der Waals surface area contributed by atoms with E-state index < -0.39 is 0 Å². The second-order valence-electron chi connectivity index (χ2n) is 4.84. The third-order valence-corrected chi connectivity index (χ3v) is 3.96. The van der Waals surface area contributed by atoms with E-state index in [4.69, 9.17) is 34.7 Å². The van der Waals surface area contributed by atoms with Gasteiger partial charge in [0, 0.05) is 21.4 Å². The number of aryl methyl sites for hydroxylation is 2. The Kier molecular flexibility index (Phi) is 5.73. The smallest absolute Gasteiger partial charge is 0.0470 e. The molecule has 0 aliphatic carbocycles. The van der Waals surface area contributed by atoms with Gasteiger partial charge in [-0.25, -0.2) is 0 Å². The van der Waals surface area contributed by atoms with Gasteiger partial charge >= 0.3 is 0 Å². The summed E-state index contributed by atoms with van der Waals surface area (Å²) in [6.45, 7) is 8.01. The molecule has 0 aliphatic rings. The van der Waals surface area contributed by atoms with E-state index in [0.29, 0.717) is 15.7 Å². The summed E-state index contributed by atoms with van der Waals surface area (Å²) in [5, 5.41) is 1.19. The van der Waals surface area contributed by atoms with E-state index >= 15 is 0 Å². The van der Waals surface area contributed by atoms with Crippen LogP contribution in [0.2, 0.25) is 10.0 Å². The lowest BCUT2D eigenvalue weighted by molar-refractivity contribution is 1.31. The molecular weight excluding hydrogens is 291 g/mol. The molecule has 0 fully saturated rings. The van der Waals surface area contributed by atoms with Crippen molar-refractivity contribution < 1.29 is 0 Å². The SMILES string of the molecule is Cc1c(N)cc(Cl)cc1Cl.Cc1ccc(C)c(N)c1C. The molecule has 0 aliphatic heterocycles. The van der Waals surface area contributed by atoms with E-state index in [-0.39, 0.29) is 0 Å². The molecule has 0 saturated heterocycles. The molecule has 0 amide bonds. The minimum Gasteiger partial charge on any atom is -0.398 e. The van der Waals surface area contributed by atoms with Crippen LogP contribution < -0.4 is 11.5 Å². The summed E-state index contributed by atoms with van der Waals surface area (Å²) in [5.74, 6) is 0. The zero-order valence-electron chi connectivity index (χ0n) is 12.2.